The molecule has 1 aliphatic rings. The molecule has 0 spiro atoms. The Bertz CT molecular complexity index is 352. The number of anilines is 1. The largest absolute Gasteiger partial charge is 0.382 e. The van der Waals surface area contributed by atoms with Crippen LogP contribution in [0.1, 0.15) is 20.3 Å². The minimum absolute atomic E-state index is 0.612. The molecule has 0 aromatic carbocycles. The standard InChI is InChI=1S/C12H22N4S/c1-10-11(2)17-9-8-15(10)5-3-6-16-7-4-12(13)14-16/h4,7,10-11H,3,5-6,8-9H2,1-2H3,(H2,13,14). The topological polar surface area (TPSA) is 47.1 Å². The van der Waals surface area contributed by atoms with E-state index in [1.807, 2.05) is 16.9 Å². The zero-order valence-corrected chi connectivity index (χ0v) is 11.5. The predicted octanol–water partition coefficient (Wildman–Crippen LogP) is 1.68. The van der Waals surface area contributed by atoms with E-state index in [-0.39, 0.29) is 0 Å². The van der Waals surface area contributed by atoms with E-state index in [9.17, 15) is 0 Å². The summed E-state index contributed by atoms with van der Waals surface area (Å²) in [7, 11) is 0. The summed E-state index contributed by atoms with van der Waals surface area (Å²) in [5, 5.41) is 4.95. The second-order valence-electron chi connectivity index (χ2n) is 4.71. The zero-order chi connectivity index (χ0) is 12.3. The summed E-state index contributed by atoms with van der Waals surface area (Å²) in [6.07, 6.45) is 3.09. The molecule has 4 nitrogen and oxygen atoms in total. The van der Waals surface area contributed by atoms with E-state index in [2.05, 4.69) is 35.6 Å². The van der Waals surface area contributed by atoms with Crippen molar-refractivity contribution in [2.45, 2.75) is 38.1 Å². The molecule has 0 amide bonds. The van der Waals surface area contributed by atoms with E-state index in [0.717, 1.165) is 24.8 Å². The fourth-order valence-electron chi connectivity index (χ4n) is 2.25. The molecule has 2 rings (SSSR count). The Morgan fingerprint density at radius 2 is 2.29 bits per heavy atom. The maximum atomic E-state index is 5.59. The van der Waals surface area contributed by atoms with Crippen LogP contribution >= 0.6 is 11.8 Å². The number of nitrogen functional groups attached to an aromatic ring is 1. The third-order valence-electron chi connectivity index (χ3n) is 3.51. The molecule has 1 aliphatic heterocycles. The Hall–Kier alpha value is -0.680. The molecule has 2 N–H and O–H groups in total. The Kier molecular flexibility index (Phi) is 4.34. The van der Waals surface area contributed by atoms with Crippen molar-refractivity contribution in [3.05, 3.63) is 12.3 Å². The fourth-order valence-corrected chi connectivity index (χ4v) is 3.41. The van der Waals surface area contributed by atoms with Crippen LogP contribution in [0.4, 0.5) is 5.82 Å². The van der Waals surface area contributed by atoms with Crippen molar-refractivity contribution in [3.8, 4) is 0 Å². The Morgan fingerprint density at radius 1 is 1.47 bits per heavy atom. The lowest BCUT2D eigenvalue weighted by Gasteiger charge is -2.37. The van der Waals surface area contributed by atoms with E-state index in [1.54, 1.807) is 0 Å². The molecule has 96 valence electrons. The van der Waals surface area contributed by atoms with Crippen LogP contribution in [-0.2, 0) is 6.54 Å². The average Bonchev–Trinajstić information content (AvgIpc) is 2.70. The third kappa shape index (κ3) is 3.39. The highest BCUT2D eigenvalue weighted by Gasteiger charge is 2.24. The molecule has 5 heteroatoms. The van der Waals surface area contributed by atoms with Gasteiger partial charge in [0.1, 0.15) is 5.82 Å². The molecule has 2 heterocycles. The lowest BCUT2D eigenvalue weighted by molar-refractivity contribution is 0.206. The number of nitrogens with zero attached hydrogens (tertiary/aromatic N) is 3. The number of aromatic nitrogens is 2. The quantitative estimate of drug-likeness (QED) is 0.888. The van der Waals surface area contributed by atoms with Crippen LogP contribution in [0.25, 0.3) is 0 Å². The first-order valence-corrected chi connectivity index (χ1v) is 7.36. The first-order chi connectivity index (χ1) is 8.16. The van der Waals surface area contributed by atoms with Gasteiger partial charge in [0.15, 0.2) is 0 Å². The minimum Gasteiger partial charge on any atom is -0.382 e. The first kappa shape index (κ1) is 12.8. The summed E-state index contributed by atoms with van der Waals surface area (Å²) >= 11 is 2.09. The second kappa shape index (κ2) is 5.78. The lowest BCUT2D eigenvalue weighted by Crippen LogP contribution is -2.45. The molecule has 1 fully saturated rings. The number of aryl methyl sites for hydroxylation is 1. The molecule has 0 bridgehead atoms. The molecule has 2 unspecified atom stereocenters. The van der Waals surface area contributed by atoms with Crippen LogP contribution in [0.5, 0.6) is 0 Å². The molecule has 0 saturated carbocycles. The molecule has 2 atom stereocenters. The van der Waals surface area contributed by atoms with Crippen molar-refractivity contribution in [1.82, 2.24) is 14.7 Å². The van der Waals surface area contributed by atoms with E-state index < -0.39 is 0 Å². The summed E-state index contributed by atoms with van der Waals surface area (Å²) in [4.78, 5) is 2.59. The smallest absolute Gasteiger partial charge is 0.145 e. The van der Waals surface area contributed by atoms with Gasteiger partial charge in [0, 0.05) is 42.9 Å². The van der Waals surface area contributed by atoms with Gasteiger partial charge < -0.3 is 5.73 Å². The average molecular weight is 254 g/mol. The summed E-state index contributed by atoms with van der Waals surface area (Å²) in [5.74, 6) is 1.88. The molecule has 1 aromatic heterocycles. The maximum absolute atomic E-state index is 5.59. The van der Waals surface area contributed by atoms with E-state index in [1.165, 1.54) is 12.3 Å². The van der Waals surface area contributed by atoms with Crippen molar-refractivity contribution in [3.63, 3.8) is 0 Å². The molecule has 1 saturated heterocycles. The van der Waals surface area contributed by atoms with Gasteiger partial charge in [-0.2, -0.15) is 16.9 Å². The molecule has 0 radical (unpaired) electrons. The SMILES string of the molecule is CC1SCCN(CCCn2ccc(N)n2)C1C. The van der Waals surface area contributed by atoms with E-state index in [4.69, 9.17) is 5.73 Å². The summed E-state index contributed by atoms with van der Waals surface area (Å²) in [6, 6.07) is 2.54. The van der Waals surface area contributed by atoms with Gasteiger partial charge >= 0.3 is 0 Å². The third-order valence-corrected chi connectivity index (χ3v) is 4.85. The highest BCUT2D eigenvalue weighted by molar-refractivity contribution is 8.00. The monoisotopic (exact) mass is 254 g/mol. The Balaban J connectivity index is 1.74. The molecule has 0 aliphatic carbocycles. The van der Waals surface area contributed by atoms with Crippen LogP contribution in [-0.4, -0.2) is 44.8 Å². The predicted molar refractivity (Wildman–Crippen MR) is 74.2 cm³/mol. The van der Waals surface area contributed by atoms with Gasteiger partial charge in [0.2, 0.25) is 0 Å². The fraction of sp³-hybridized carbons (Fsp3) is 0.750. The van der Waals surface area contributed by atoms with Gasteiger partial charge in [-0.15, -0.1) is 0 Å². The minimum atomic E-state index is 0.612. The number of hydrogen-bond acceptors (Lipinski definition) is 4. The van der Waals surface area contributed by atoms with E-state index in [0.29, 0.717) is 11.9 Å². The van der Waals surface area contributed by atoms with Crippen LogP contribution in [0.2, 0.25) is 0 Å². The van der Waals surface area contributed by atoms with Gasteiger partial charge in [0.05, 0.1) is 0 Å². The summed E-state index contributed by atoms with van der Waals surface area (Å²) in [5.41, 5.74) is 5.59. The second-order valence-corrected chi connectivity index (χ2v) is 6.19. The highest BCUT2D eigenvalue weighted by atomic mass is 32.2. The van der Waals surface area contributed by atoms with Crippen molar-refractivity contribution >= 4 is 17.6 Å². The van der Waals surface area contributed by atoms with Crippen molar-refractivity contribution in [2.24, 2.45) is 0 Å². The number of rotatable bonds is 4. The number of nitrogens with two attached hydrogens (primary N) is 1. The summed E-state index contributed by atoms with van der Waals surface area (Å²) in [6.45, 7) is 8.00. The van der Waals surface area contributed by atoms with Crippen molar-refractivity contribution in [2.75, 3.05) is 24.6 Å². The van der Waals surface area contributed by atoms with Gasteiger partial charge in [-0.3, -0.25) is 9.58 Å². The summed E-state index contributed by atoms with van der Waals surface area (Å²) < 4.78 is 1.93. The molecule has 1 aromatic rings. The first-order valence-electron chi connectivity index (χ1n) is 6.31. The van der Waals surface area contributed by atoms with Crippen LogP contribution in [0, 0.1) is 0 Å². The molecular formula is C12H22N4S. The molecular weight excluding hydrogens is 232 g/mol. The highest BCUT2D eigenvalue weighted by Crippen LogP contribution is 2.24. The van der Waals surface area contributed by atoms with Crippen LogP contribution in [0.3, 0.4) is 0 Å². The normalized spacial score (nSPS) is 26.2. The van der Waals surface area contributed by atoms with Gasteiger partial charge in [-0.05, 0) is 19.4 Å². The van der Waals surface area contributed by atoms with Crippen LogP contribution in [0.15, 0.2) is 12.3 Å². The van der Waals surface area contributed by atoms with Crippen molar-refractivity contribution < 1.29 is 0 Å². The van der Waals surface area contributed by atoms with Gasteiger partial charge in [0.25, 0.3) is 0 Å². The van der Waals surface area contributed by atoms with Crippen LogP contribution < -0.4 is 5.73 Å². The van der Waals surface area contributed by atoms with Gasteiger partial charge in [-0.1, -0.05) is 6.92 Å². The van der Waals surface area contributed by atoms with Crippen molar-refractivity contribution in [1.29, 1.82) is 0 Å². The maximum Gasteiger partial charge on any atom is 0.145 e. The number of thioether (sulfide) groups is 1. The molecule has 17 heavy (non-hydrogen) atoms. The number of hydrogen-bond donors (Lipinski definition) is 1. The Labute approximate surface area is 108 Å². The van der Waals surface area contributed by atoms with Gasteiger partial charge in [-0.25, -0.2) is 0 Å². The Morgan fingerprint density at radius 3 is 3.00 bits per heavy atom. The van der Waals surface area contributed by atoms with E-state index >= 15 is 0 Å². The lowest BCUT2D eigenvalue weighted by atomic mass is 10.2. The zero-order valence-electron chi connectivity index (χ0n) is 10.7.